The van der Waals surface area contributed by atoms with Gasteiger partial charge in [-0.3, -0.25) is 9.78 Å². The molecule has 1 saturated heterocycles. The molecule has 1 atom stereocenters. The average molecular weight is 263 g/mol. The predicted molar refractivity (Wildman–Crippen MR) is 72.3 cm³/mol. The van der Waals surface area contributed by atoms with Crippen LogP contribution in [0.3, 0.4) is 0 Å². The third-order valence-corrected chi connectivity index (χ3v) is 3.52. The van der Waals surface area contributed by atoms with Crippen LogP contribution in [0.25, 0.3) is 0 Å². The molecule has 1 aromatic rings. The monoisotopic (exact) mass is 263 g/mol. The first-order chi connectivity index (χ1) is 9.16. The van der Waals surface area contributed by atoms with Crippen LogP contribution < -0.4 is 11.1 Å². The molecule has 19 heavy (non-hydrogen) atoms. The van der Waals surface area contributed by atoms with E-state index in [2.05, 4.69) is 10.3 Å². The van der Waals surface area contributed by atoms with Gasteiger partial charge in [0, 0.05) is 31.6 Å². The maximum atomic E-state index is 12.0. The number of amides is 1. The molecule has 1 fully saturated rings. The predicted octanol–water partition coefficient (Wildman–Crippen LogP) is 0.760. The molecule has 1 aromatic heterocycles. The van der Waals surface area contributed by atoms with E-state index in [0.717, 1.165) is 24.1 Å². The number of carbonyl (C=O) groups excluding carboxylic acids is 1. The van der Waals surface area contributed by atoms with Gasteiger partial charge < -0.3 is 15.8 Å². The number of hydrogen-bond acceptors (Lipinski definition) is 4. The molecular weight excluding hydrogens is 242 g/mol. The fraction of sp³-hybridized carbons (Fsp3) is 0.571. The van der Waals surface area contributed by atoms with E-state index in [9.17, 15) is 4.79 Å². The van der Waals surface area contributed by atoms with Gasteiger partial charge in [0.15, 0.2) is 0 Å². The standard InChI is InChI=1S/C14H21N3O2/c1-10-2-3-11(8-16-10)9-17-14(18)13(15)12-4-6-19-7-5-12/h2-3,8,12-13H,4-7,9,15H2,1H3,(H,17,18). The fourth-order valence-electron chi connectivity index (χ4n) is 2.20. The van der Waals surface area contributed by atoms with Gasteiger partial charge in [0.05, 0.1) is 6.04 Å². The van der Waals surface area contributed by atoms with Gasteiger partial charge in [0.25, 0.3) is 0 Å². The number of hydrogen-bond donors (Lipinski definition) is 2. The molecule has 1 aliphatic heterocycles. The summed E-state index contributed by atoms with van der Waals surface area (Å²) < 4.78 is 5.27. The Bertz CT molecular complexity index is 413. The molecule has 104 valence electrons. The molecule has 3 N–H and O–H groups in total. The Morgan fingerprint density at radius 1 is 1.53 bits per heavy atom. The third-order valence-electron chi connectivity index (χ3n) is 3.52. The van der Waals surface area contributed by atoms with E-state index < -0.39 is 6.04 Å². The number of aryl methyl sites for hydroxylation is 1. The van der Waals surface area contributed by atoms with Crippen molar-refractivity contribution >= 4 is 5.91 Å². The van der Waals surface area contributed by atoms with Crippen LogP contribution in [-0.4, -0.2) is 30.1 Å². The van der Waals surface area contributed by atoms with Crippen molar-refractivity contribution < 1.29 is 9.53 Å². The second-order valence-electron chi connectivity index (χ2n) is 5.00. The zero-order valence-electron chi connectivity index (χ0n) is 11.3. The lowest BCUT2D eigenvalue weighted by atomic mass is 9.92. The van der Waals surface area contributed by atoms with E-state index in [-0.39, 0.29) is 11.8 Å². The molecule has 1 aliphatic rings. The minimum absolute atomic E-state index is 0.0903. The van der Waals surface area contributed by atoms with E-state index in [4.69, 9.17) is 10.5 Å². The molecule has 5 heteroatoms. The molecule has 0 bridgehead atoms. The number of carbonyl (C=O) groups is 1. The highest BCUT2D eigenvalue weighted by Gasteiger charge is 2.26. The molecule has 0 radical (unpaired) electrons. The Hall–Kier alpha value is -1.46. The van der Waals surface area contributed by atoms with Crippen LogP contribution in [0.15, 0.2) is 18.3 Å². The minimum atomic E-state index is -0.442. The number of nitrogens with zero attached hydrogens (tertiary/aromatic N) is 1. The Morgan fingerprint density at radius 2 is 2.26 bits per heavy atom. The number of nitrogens with two attached hydrogens (primary N) is 1. The van der Waals surface area contributed by atoms with E-state index in [0.29, 0.717) is 19.8 Å². The average Bonchev–Trinajstić information content (AvgIpc) is 2.46. The second kappa shape index (κ2) is 6.63. The van der Waals surface area contributed by atoms with Crippen LogP contribution in [0.5, 0.6) is 0 Å². The highest BCUT2D eigenvalue weighted by atomic mass is 16.5. The first-order valence-electron chi connectivity index (χ1n) is 6.69. The summed E-state index contributed by atoms with van der Waals surface area (Å²) in [6.07, 6.45) is 3.50. The molecule has 2 rings (SSSR count). The SMILES string of the molecule is Cc1ccc(CNC(=O)C(N)C2CCOCC2)cn1. The van der Waals surface area contributed by atoms with Gasteiger partial charge in [-0.2, -0.15) is 0 Å². The van der Waals surface area contributed by atoms with Gasteiger partial charge in [-0.25, -0.2) is 0 Å². The van der Waals surface area contributed by atoms with Crippen LogP contribution in [0.2, 0.25) is 0 Å². The second-order valence-corrected chi connectivity index (χ2v) is 5.00. The van der Waals surface area contributed by atoms with Crippen molar-refractivity contribution in [3.8, 4) is 0 Å². The summed E-state index contributed by atoms with van der Waals surface area (Å²) in [4.78, 5) is 16.2. The quantitative estimate of drug-likeness (QED) is 0.840. The summed E-state index contributed by atoms with van der Waals surface area (Å²) >= 11 is 0. The van der Waals surface area contributed by atoms with Gasteiger partial charge in [-0.1, -0.05) is 6.07 Å². The maximum Gasteiger partial charge on any atom is 0.237 e. The van der Waals surface area contributed by atoms with Crippen molar-refractivity contribution in [2.24, 2.45) is 11.7 Å². The summed E-state index contributed by atoms with van der Waals surface area (Å²) in [7, 11) is 0. The number of pyridine rings is 1. The summed E-state index contributed by atoms with van der Waals surface area (Å²) in [6.45, 7) is 3.81. The molecule has 1 unspecified atom stereocenters. The van der Waals surface area contributed by atoms with Crippen molar-refractivity contribution in [1.82, 2.24) is 10.3 Å². The summed E-state index contributed by atoms with van der Waals surface area (Å²) in [5.74, 6) is 0.136. The number of aromatic nitrogens is 1. The zero-order valence-corrected chi connectivity index (χ0v) is 11.3. The van der Waals surface area contributed by atoms with E-state index in [1.807, 2.05) is 19.1 Å². The van der Waals surface area contributed by atoms with Gasteiger partial charge in [0.2, 0.25) is 5.91 Å². The summed E-state index contributed by atoms with van der Waals surface area (Å²) in [5, 5.41) is 2.87. The lowest BCUT2D eigenvalue weighted by Crippen LogP contribution is -2.46. The molecule has 0 aromatic carbocycles. The van der Waals surface area contributed by atoms with Crippen molar-refractivity contribution in [3.05, 3.63) is 29.6 Å². The van der Waals surface area contributed by atoms with Crippen molar-refractivity contribution in [2.75, 3.05) is 13.2 Å². The van der Waals surface area contributed by atoms with Crippen LogP contribution in [0.4, 0.5) is 0 Å². The van der Waals surface area contributed by atoms with Crippen molar-refractivity contribution in [1.29, 1.82) is 0 Å². The first-order valence-corrected chi connectivity index (χ1v) is 6.69. The molecule has 0 spiro atoms. The van der Waals surface area contributed by atoms with E-state index in [1.54, 1.807) is 6.20 Å². The minimum Gasteiger partial charge on any atom is -0.381 e. The van der Waals surface area contributed by atoms with Crippen LogP contribution >= 0.6 is 0 Å². The molecule has 5 nitrogen and oxygen atoms in total. The lowest BCUT2D eigenvalue weighted by Gasteiger charge is -2.26. The first kappa shape index (κ1) is 14.0. The normalized spacial score (nSPS) is 18.0. The highest BCUT2D eigenvalue weighted by molar-refractivity contribution is 5.81. The Kier molecular flexibility index (Phi) is 4.87. The van der Waals surface area contributed by atoms with Gasteiger partial charge >= 0.3 is 0 Å². The van der Waals surface area contributed by atoms with E-state index >= 15 is 0 Å². The van der Waals surface area contributed by atoms with Gasteiger partial charge in [-0.15, -0.1) is 0 Å². The number of nitrogens with one attached hydrogen (secondary N) is 1. The van der Waals surface area contributed by atoms with Crippen LogP contribution in [0, 0.1) is 12.8 Å². The highest BCUT2D eigenvalue weighted by Crippen LogP contribution is 2.17. The zero-order chi connectivity index (χ0) is 13.7. The molecule has 0 aliphatic carbocycles. The largest absolute Gasteiger partial charge is 0.381 e. The smallest absolute Gasteiger partial charge is 0.237 e. The van der Waals surface area contributed by atoms with Crippen LogP contribution in [0.1, 0.15) is 24.1 Å². The molecule has 2 heterocycles. The Balaban J connectivity index is 1.81. The maximum absolute atomic E-state index is 12.0. The Morgan fingerprint density at radius 3 is 2.89 bits per heavy atom. The van der Waals surface area contributed by atoms with Crippen molar-refractivity contribution in [3.63, 3.8) is 0 Å². The molecule has 0 saturated carbocycles. The Labute approximate surface area is 113 Å². The number of rotatable bonds is 4. The summed E-state index contributed by atoms with van der Waals surface area (Å²) in [6, 6.07) is 3.45. The number of ether oxygens (including phenoxy) is 1. The topological polar surface area (TPSA) is 77.2 Å². The van der Waals surface area contributed by atoms with Gasteiger partial charge in [-0.05, 0) is 37.3 Å². The third kappa shape index (κ3) is 4.01. The lowest BCUT2D eigenvalue weighted by molar-refractivity contribution is -0.124. The molecule has 1 amide bonds. The fourth-order valence-corrected chi connectivity index (χ4v) is 2.20. The van der Waals surface area contributed by atoms with E-state index in [1.165, 1.54) is 0 Å². The van der Waals surface area contributed by atoms with Crippen molar-refractivity contribution in [2.45, 2.75) is 32.4 Å². The van der Waals surface area contributed by atoms with Crippen LogP contribution in [-0.2, 0) is 16.1 Å². The molecular formula is C14H21N3O2. The van der Waals surface area contributed by atoms with Gasteiger partial charge in [0.1, 0.15) is 0 Å². The summed E-state index contributed by atoms with van der Waals surface area (Å²) in [5.41, 5.74) is 7.95.